The summed E-state index contributed by atoms with van der Waals surface area (Å²) in [5.41, 5.74) is 2.27. The van der Waals surface area contributed by atoms with Crippen LogP contribution in [0, 0.1) is 0 Å². The SMILES string of the molecule is CCc1c(O)cc(O)c(C(=O)c2ccc(OC)cc2)c1CC(=O)N1CCN(c2cccc(OC)c2)CC1. The number of hydrogen-bond donors (Lipinski definition) is 2. The zero-order valence-electron chi connectivity index (χ0n) is 21.4. The predicted molar refractivity (Wildman–Crippen MR) is 141 cm³/mol. The van der Waals surface area contributed by atoms with Gasteiger partial charge in [-0.2, -0.15) is 0 Å². The van der Waals surface area contributed by atoms with Crippen molar-refractivity contribution in [3.8, 4) is 23.0 Å². The van der Waals surface area contributed by atoms with Crippen LogP contribution in [-0.2, 0) is 17.6 Å². The molecule has 0 unspecified atom stereocenters. The van der Waals surface area contributed by atoms with E-state index in [0.717, 1.165) is 11.4 Å². The van der Waals surface area contributed by atoms with Crippen LogP contribution in [0.15, 0.2) is 54.6 Å². The van der Waals surface area contributed by atoms with Gasteiger partial charge in [0.2, 0.25) is 5.91 Å². The molecule has 1 heterocycles. The van der Waals surface area contributed by atoms with Gasteiger partial charge < -0.3 is 29.5 Å². The van der Waals surface area contributed by atoms with Crippen molar-refractivity contribution in [2.24, 2.45) is 0 Å². The first kappa shape index (κ1) is 25.9. The molecule has 3 aromatic rings. The Morgan fingerprint density at radius 2 is 1.51 bits per heavy atom. The van der Waals surface area contributed by atoms with Gasteiger partial charge in [-0.3, -0.25) is 9.59 Å². The second kappa shape index (κ2) is 11.2. The van der Waals surface area contributed by atoms with E-state index in [0.29, 0.717) is 55.0 Å². The Morgan fingerprint density at radius 3 is 2.14 bits per heavy atom. The van der Waals surface area contributed by atoms with Crippen LogP contribution in [0.5, 0.6) is 23.0 Å². The van der Waals surface area contributed by atoms with Crippen molar-refractivity contribution in [3.05, 3.63) is 76.9 Å². The van der Waals surface area contributed by atoms with Gasteiger partial charge in [0, 0.05) is 49.6 Å². The molecule has 1 saturated heterocycles. The molecular weight excluding hydrogens is 472 g/mol. The lowest BCUT2D eigenvalue weighted by Crippen LogP contribution is -2.49. The Labute approximate surface area is 216 Å². The summed E-state index contributed by atoms with van der Waals surface area (Å²) in [6, 6.07) is 15.5. The Kier molecular flexibility index (Phi) is 7.86. The van der Waals surface area contributed by atoms with E-state index in [1.54, 1.807) is 36.3 Å². The number of piperazine rings is 1. The third kappa shape index (κ3) is 5.48. The van der Waals surface area contributed by atoms with Crippen LogP contribution in [0.1, 0.15) is 34.0 Å². The van der Waals surface area contributed by atoms with Gasteiger partial charge in [0.15, 0.2) is 5.78 Å². The molecule has 8 nitrogen and oxygen atoms in total. The van der Waals surface area contributed by atoms with Crippen molar-refractivity contribution < 1.29 is 29.3 Å². The van der Waals surface area contributed by atoms with Gasteiger partial charge in [-0.05, 0) is 53.9 Å². The summed E-state index contributed by atoms with van der Waals surface area (Å²) in [5.74, 6) is 0.331. The zero-order chi connectivity index (χ0) is 26.5. The lowest BCUT2D eigenvalue weighted by atomic mass is 9.89. The minimum Gasteiger partial charge on any atom is -0.508 e. The van der Waals surface area contributed by atoms with Gasteiger partial charge in [0.25, 0.3) is 0 Å². The summed E-state index contributed by atoms with van der Waals surface area (Å²) < 4.78 is 10.5. The first-order valence-corrected chi connectivity index (χ1v) is 12.3. The highest BCUT2D eigenvalue weighted by atomic mass is 16.5. The van der Waals surface area contributed by atoms with Crippen molar-refractivity contribution in [2.75, 3.05) is 45.3 Å². The van der Waals surface area contributed by atoms with Crippen LogP contribution in [-0.4, -0.2) is 67.2 Å². The number of methoxy groups -OCH3 is 2. The number of amides is 1. The smallest absolute Gasteiger partial charge is 0.227 e. The number of phenolic OH excluding ortho intramolecular Hbond substituents is 2. The molecule has 1 aliphatic heterocycles. The molecule has 1 aliphatic rings. The fraction of sp³-hybridized carbons (Fsp3) is 0.310. The van der Waals surface area contributed by atoms with E-state index in [-0.39, 0.29) is 29.4 Å². The normalized spacial score (nSPS) is 13.4. The largest absolute Gasteiger partial charge is 0.508 e. The number of aromatic hydroxyl groups is 2. The van der Waals surface area contributed by atoms with Gasteiger partial charge in [-0.1, -0.05) is 13.0 Å². The molecule has 194 valence electrons. The minimum absolute atomic E-state index is 0.0446. The Balaban J connectivity index is 1.56. The molecule has 1 amide bonds. The topological polar surface area (TPSA) is 99.5 Å². The quantitative estimate of drug-likeness (QED) is 0.450. The number of benzene rings is 3. The Hall–Kier alpha value is -4.20. The van der Waals surface area contributed by atoms with Crippen molar-refractivity contribution in [3.63, 3.8) is 0 Å². The average Bonchev–Trinajstić information content (AvgIpc) is 2.93. The number of rotatable bonds is 8. The second-order valence-electron chi connectivity index (χ2n) is 8.90. The van der Waals surface area contributed by atoms with E-state index >= 15 is 0 Å². The Morgan fingerprint density at radius 1 is 0.838 bits per heavy atom. The van der Waals surface area contributed by atoms with Crippen LogP contribution in [0.2, 0.25) is 0 Å². The minimum atomic E-state index is -0.416. The third-order valence-corrected chi connectivity index (χ3v) is 6.82. The molecule has 0 aromatic heterocycles. The molecule has 0 atom stereocenters. The van der Waals surface area contributed by atoms with Crippen molar-refractivity contribution in [2.45, 2.75) is 19.8 Å². The molecule has 0 bridgehead atoms. The number of phenols is 2. The summed E-state index contributed by atoms with van der Waals surface area (Å²) in [7, 11) is 3.17. The summed E-state index contributed by atoms with van der Waals surface area (Å²) >= 11 is 0. The number of nitrogens with zero attached hydrogens (tertiary/aromatic N) is 2. The van der Waals surface area contributed by atoms with Crippen molar-refractivity contribution in [1.82, 2.24) is 4.90 Å². The van der Waals surface area contributed by atoms with Gasteiger partial charge in [0.1, 0.15) is 23.0 Å². The summed E-state index contributed by atoms with van der Waals surface area (Å²) in [4.78, 5) is 30.8. The van der Waals surface area contributed by atoms with Gasteiger partial charge in [-0.15, -0.1) is 0 Å². The lowest BCUT2D eigenvalue weighted by molar-refractivity contribution is -0.130. The highest BCUT2D eigenvalue weighted by Crippen LogP contribution is 2.35. The zero-order valence-corrected chi connectivity index (χ0v) is 21.4. The van der Waals surface area contributed by atoms with Crippen LogP contribution in [0.25, 0.3) is 0 Å². The highest BCUT2D eigenvalue weighted by molar-refractivity contribution is 6.12. The summed E-state index contributed by atoms with van der Waals surface area (Å²) in [6.45, 7) is 4.19. The number of hydrogen-bond acceptors (Lipinski definition) is 7. The fourth-order valence-electron chi connectivity index (χ4n) is 4.76. The monoisotopic (exact) mass is 504 g/mol. The molecule has 0 saturated carbocycles. The number of carbonyl (C=O) groups is 2. The molecule has 0 radical (unpaired) electrons. The average molecular weight is 505 g/mol. The standard InChI is InChI=1S/C29H32N2O6/c1-4-23-24(28(26(33)18-25(23)32)29(35)19-8-10-21(36-2)11-9-19)17-27(34)31-14-12-30(13-15-31)20-6-5-7-22(16-20)37-3/h5-11,16,18,32-33H,4,12-15,17H2,1-3H3. The first-order chi connectivity index (χ1) is 17.9. The van der Waals surface area contributed by atoms with E-state index in [1.165, 1.54) is 13.2 Å². The van der Waals surface area contributed by atoms with E-state index < -0.39 is 5.78 Å². The molecule has 0 spiro atoms. The molecule has 8 heteroatoms. The van der Waals surface area contributed by atoms with E-state index in [2.05, 4.69) is 4.90 Å². The van der Waals surface area contributed by atoms with Crippen molar-refractivity contribution >= 4 is 17.4 Å². The lowest BCUT2D eigenvalue weighted by Gasteiger charge is -2.36. The van der Waals surface area contributed by atoms with Crippen LogP contribution < -0.4 is 14.4 Å². The van der Waals surface area contributed by atoms with Gasteiger partial charge >= 0.3 is 0 Å². The number of ketones is 1. The molecule has 37 heavy (non-hydrogen) atoms. The molecule has 0 aliphatic carbocycles. The number of carbonyl (C=O) groups excluding carboxylic acids is 2. The summed E-state index contributed by atoms with van der Waals surface area (Å²) in [6.07, 6.45) is 0.308. The van der Waals surface area contributed by atoms with E-state index in [1.807, 2.05) is 31.2 Å². The molecular formula is C29H32N2O6. The van der Waals surface area contributed by atoms with Gasteiger partial charge in [0.05, 0.1) is 26.2 Å². The maximum Gasteiger partial charge on any atom is 0.227 e. The van der Waals surface area contributed by atoms with E-state index in [4.69, 9.17) is 9.47 Å². The van der Waals surface area contributed by atoms with E-state index in [9.17, 15) is 19.8 Å². The fourth-order valence-corrected chi connectivity index (χ4v) is 4.76. The highest BCUT2D eigenvalue weighted by Gasteiger charge is 2.28. The van der Waals surface area contributed by atoms with Crippen molar-refractivity contribution in [1.29, 1.82) is 0 Å². The van der Waals surface area contributed by atoms with Crippen LogP contribution in [0.3, 0.4) is 0 Å². The maximum atomic E-state index is 13.5. The maximum absolute atomic E-state index is 13.5. The molecule has 1 fully saturated rings. The van der Waals surface area contributed by atoms with Gasteiger partial charge in [-0.25, -0.2) is 0 Å². The third-order valence-electron chi connectivity index (χ3n) is 6.82. The predicted octanol–water partition coefficient (Wildman–Crippen LogP) is 3.80. The summed E-state index contributed by atoms with van der Waals surface area (Å²) in [5, 5.41) is 21.2. The van der Waals surface area contributed by atoms with Crippen LogP contribution in [0.4, 0.5) is 5.69 Å². The van der Waals surface area contributed by atoms with Crippen LogP contribution >= 0.6 is 0 Å². The molecule has 2 N–H and O–H groups in total. The molecule has 3 aromatic carbocycles. The number of ether oxygens (including phenoxy) is 2. The molecule has 4 rings (SSSR count). The second-order valence-corrected chi connectivity index (χ2v) is 8.90. The first-order valence-electron chi connectivity index (χ1n) is 12.3. The Bertz CT molecular complexity index is 1280. The number of anilines is 1.